The fourth-order valence-corrected chi connectivity index (χ4v) is 2.99. The largest absolute Gasteiger partial charge is 0.324 e. The molecule has 1 aromatic carbocycles. The second-order valence-electron chi connectivity index (χ2n) is 4.92. The van der Waals surface area contributed by atoms with Crippen molar-refractivity contribution in [1.29, 1.82) is 0 Å². The topological polar surface area (TPSA) is 29.1 Å². The summed E-state index contributed by atoms with van der Waals surface area (Å²) in [7, 11) is 0. The zero-order valence-corrected chi connectivity index (χ0v) is 12.0. The molecule has 1 amide bonds. The van der Waals surface area contributed by atoms with E-state index in [9.17, 15) is 9.18 Å². The third kappa shape index (κ3) is 2.58. The molecule has 0 bridgehead atoms. The van der Waals surface area contributed by atoms with E-state index in [1.54, 1.807) is 6.07 Å². The lowest BCUT2D eigenvalue weighted by atomic mass is 9.82. The van der Waals surface area contributed by atoms with Gasteiger partial charge in [-0.3, -0.25) is 4.79 Å². The summed E-state index contributed by atoms with van der Waals surface area (Å²) in [6.07, 6.45) is 4.91. The van der Waals surface area contributed by atoms with Crippen LogP contribution in [0.2, 0.25) is 0 Å². The summed E-state index contributed by atoms with van der Waals surface area (Å²) in [4.78, 5) is 12.4. The molecule has 0 aromatic heterocycles. The molecule has 0 saturated heterocycles. The SMILES string of the molecule is CCC1(C(=O)Nc2cc(F)ccc2Br)CCCC1. The molecule has 1 aliphatic rings. The fourth-order valence-electron chi connectivity index (χ4n) is 2.64. The van der Waals surface area contributed by atoms with Crippen LogP contribution < -0.4 is 5.32 Å². The van der Waals surface area contributed by atoms with Crippen molar-refractivity contribution in [2.24, 2.45) is 5.41 Å². The molecule has 1 fully saturated rings. The van der Waals surface area contributed by atoms with Crippen molar-refractivity contribution in [1.82, 2.24) is 0 Å². The number of halogens is 2. The molecular weight excluding hydrogens is 297 g/mol. The Hall–Kier alpha value is -0.900. The number of amides is 1. The van der Waals surface area contributed by atoms with Gasteiger partial charge in [-0.15, -0.1) is 0 Å². The summed E-state index contributed by atoms with van der Waals surface area (Å²) in [6, 6.07) is 4.32. The first kappa shape index (κ1) is 13.5. The molecule has 1 saturated carbocycles. The highest BCUT2D eigenvalue weighted by molar-refractivity contribution is 9.10. The van der Waals surface area contributed by atoms with E-state index in [-0.39, 0.29) is 17.1 Å². The highest BCUT2D eigenvalue weighted by Crippen LogP contribution is 2.42. The summed E-state index contributed by atoms with van der Waals surface area (Å²) in [5.41, 5.74) is 0.255. The van der Waals surface area contributed by atoms with Crippen LogP contribution in [0.5, 0.6) is 0 Å². The standard InChI is InChI=1S/C14H17BrFNO/c1-2-14(7-3-4-8-14)13(18)17-12-9-10(16)5-6-11(12)15/h5-6,9H,2-4,7-8H2,1H3,(H,17,18). The number of benzene rings is 1. The average Bonchev–Trinajstić information content (AvgIpc) is 2.84. The first-order valence-corrected chi connectivity index (χ1v) is 7.13. The predicted molar refractivity (Wildman–Crippen MR) is 73.9 cm³/mol. The van der Waals surface area contributed by atoms with E-state index in [0.29, 0.717) is 10.2 Å². The van der Waals surface area contributed by atoms with Crippen LogP contribution in [0.4, 0.5) is 10.1 Å². The van der Waals surface area contributed by atoms with Crippen molar-refractivity contribution in [3.8, 4) is 0 Å². The summed E-state index contributed by atoms with van der Waals surface area (Å²) in [5, 5.41) is 2.86. The van der Waals surface area contributed by atoms with Crippen LogP contribution in [-0.2, 0) is 4.79 Å². The van der Waals surface area contributed by atoms with E-state index in [2.05, 4.69) is 21.2 Å². The summed E-state index contributed by atoms with van der Waals surface area (Å²) in [6.45, 7) is 2.05. The normalized spacial score (nSPS) is 17.7. The van der Waals surface area contributed by atoms with Crippen LogP contribution in [-0.4, -0.2) is 5.91 Å². The number of carbonyl (C=O) groups excluding carboxylic acids is 1. The van der Waals surface area contributed by atoms with E-state index >= 15 is 0 Å². The fraction of sp³-hybridized carbons (Fsp3) is 0.500. The first-order chi connectivity index (χ1) is 8.57. The molecule has 0 spiro atoms. The Bertz CT molecular complexity index is 455. The second kappa shape index (κ2) is 5.39. The van der Waals surface area contributed by atoms with Crippen LogP contribution in [0, 0.1) is 11.2 Å². The van der Waals surface area contributed by atoms with Crippen molar-refractivity contribution in [2.45, 2.75) is 39.0 Å². The molecule has 0 radical (unpaired) electrons. The molecule has 2 rings (SSSR count). The minimum Gasteiger partial charge on any atom is -0.324 e. The van der Waals surface area contributed by atoms with Crippen molar-refractivity contribution >= 4 is 27.5 Å². The van der Waals surface area contributed by atoms with Gasteiger partial charge in [-0.05, 0) is 53.4 Å². The summed E-state index contributed by atoms with van der Waals surface area (Å²) >= 11 is 3.33. The van der Waals surface area contributed by atoms with Crippen molar-refractivity contribution < 1.29 is 9.18 Å². The number of anilines is 1. The Balaban J connectivity index is 2.18. The Morgan fingerprint density at radius 3 is 2.72 bits per heavy atom. The Labute approximate surface area is 115 Å². The summed E-state index contributed by atoms with van der Waals surface area (Å²) < 4.78 is 13.9. The smallest absolute Gasteiger partial charge is 0.230 e. The second-order valence-corrected chi connectivity index (χ2v) is 5.77. The highest BCUT2D eigenvalue weighted by Gasteiger charge is 2.39. The number of carbonyl (C=O) groups is 1. The lowest BCUT2D eigenvalue weighted by Crippen LogP contribution is -2.33. The Morgan fingerprint density at radius 2 is 2.11 bits per heavy atom. The number of nitrogens with one attached hydrogen (secondary N) is 1. The number of hydrogen-bond donors (Lipinski definition) is 1. The van der Waals surface area contributed by atoms with Gasteiger partial charge in [-0.25, -0.2) is 4.39 Å². The van der Waals surface area contributed by atoms with Gasteiger partial charge in [0.15, 0.2) is 0 Å². The number of rotatable bonds is 3. The lowest BCUT2D eigenvalue weighted by Gasteiger charge is -2.26. The quantitative estimate of drug-likeness (QED) is 0.874. The van der Waals surface area contributed by atoms with Crippen molar-refractivity contribution in [3.63, 3.8) is 0 Å². The van der Waals surface area contributed by atoms with E-state index in [4.69, 9.17) is 0 Å². The van der Waals surface area contributed by atoms with Gasteiger partial charge in [0, 0.05) is 9.89 Å². The van der Waals surface area contributed by atoms with E-state index in [1.165, 1.54) is 12.1 Å². The Morgan fingerprint density at radius 1 is 1.44 bits per heavy atom. The molecule has 0 unspecified atom stereocenters. The van der Waals surface area contributed by atoms with Gasteiger partial charge in [-0.2, -0.15) is 0 Å². The molecular formula is C14H17BrFNO. The maximum Gasteiger partial charge on any atom is 0.230 e. The summed E-state index contributed by atoms with van der Waals surface area (Å²) in [5.74, 6) is -0.320. The third-order valence-corrected chi connectivity index (χ3v) is 4.59. The highest BCUT2D eigenvalue weighted by atomic mass is 79.9. The van der Waals surface area contributed by atoms with E-state index < -0.39 is 0 Å². The minimum absolute atomic E-state index is 0.0220. The molecule has 0 atom stereocenters. The third-order valence-electron chi connectivity index (χ3n) is 3.90. The zero-order chi connectivity index (χ0) is 13.2. The molecule has 0 aliphatic heterocycles. The maximum absolute atomic E-state index is 13.2. The van der Waals surface area contributed by atoms with Crippen molar-refractivity contribution in [2.75, 3.05) is 5.32 Å². The van der Waals surface area contributed by atoms with Crippen molar-refractivity contribution in [3.05, 3.63) is 28.5 Å². The first-order valence-electron chi connectivity index (χ1n) is 6.34. The van der Waals surface area contributed by atoms with Gasteiger partial charge in [0.25, 0.3) is 0 Å². The molecule has 98 valence electrons. The van der Waals surface area contributed by atoms with Gasteiger partial charge >= 0.3 is 0 Å². The lowest BCUT2D eigenvalue weighted by molar-refractivity contribution is -0.125. The predicted octanol–water partition coefficient (Wildman–Crippen LogP) is 4.50. The van der Waals surface area contributed by atoms with Gasteiger partial charge < -0.3 is 5.32 Å². The van der Waals surface area contributed by atoms with Gasteiger partial charge in [-0.1, -0.05) is 19.8 Å². The monoisotopic (exact) mass is 313 g/mol. The van der Waals surface area contributed by atoms with E-state index in [1.807, 2.05) is 6.92 Å². The van der Waals surface area contributed by atoms with Gasteiger partial charge in [0.2, 0.25) is 5.91 Å². The molecule has 1 aromatic rings. The van der Waals surface area contributed by atoms with Crippen LogP contribution >= 0.6 is 15.9 Å². The molecule has 0 heterocycles. The molecule has 4 heteroatoms. The minimum atomic E-state index is -0.342. The molecule has 1 aliphatic carbocycles. The molecule has 1 N–H and O–H groups in total. The Kier molecular flexibility index (Phi) is 4.05. The maximum atomic E-state index is 13.2. The molecule has 18 heavy (non-hydrogen) atoms. The molecule has 2 nitrogen and oxygen atoms in total. The van der Waals surface area contributed by atoms with Gasteiger partial charge in [0.1, 0.15) is 5.82 Å². The van der Waals surface area contributed by atoms with Crippen LogP contribution in [0.1, 0.15) is 39.0 Å². The number of hydrogen-bond acceptors (Lipinski definition) is 1. The van der Waals surface area contributed by atoms with E-state index in [0.717, 1.165) is 32.1 Å². The van der Waals surface area contributed by atoms with Crippen LogP contribution in [0.15, 0.2) is 22.7 Å². The zero-order valence-electron chi connectivity index (χ0n) is 10.4. The van der Waals surface area contributed by atoms with Gasteiger partial charge in [0.05, 0.1) is 5.69 Å². The van der Waals surface area contributed by atoms with Crippen LogP contribution in [0.25, 0.3) is 0 Å². The average molecular weight is 314 g/mol. The van der Waals surface area contributed by atoms with Crippen LogP contribution in [0.3, 0.4) is 0 Å².